The SMILES string of the molecule is C/C=C(\CC)C(c1ccccc1)c1ccc(NC)cc1.C=C(C)CC.CNC. The van der Waals surface area contributed by atoms with E-state index in [4.69, 9.17) is 0 Å². The monoisotopic (exact) mass is 380 g/mol. The van der Waals surface area contributed by atoms with Crippen LogP contribution < -0.4 is 10.6 Å². The van der Waals surface area contributed by atoms with Crippen LogP contribution in [0.2, 0.25) is 0 Å². The Balaban J connectivity index is 0.000000777. The number of hydrogen-bond donors (Lipinski definition) is 2. The summed E-state index contributed by atoms with van der Waals surface area (Å²) in [6.07, 6.45) is 4.44. The van der Waals surface area contributed by atoms with Crippen molar-refractivity contribution in [3.05, 3.63) is 89.5 Å². The van der Waals surface area contributed by atoms with Crippen molar-refractivity contribution in [1.82, 2.24) is 5.32 Å². The van der Waals surface area contributed by atoms with Crippen molar-refractivity contribution in [2.24, 2.45) is 0 Å². The Bertz CT molecular complexity index is 669. The first-order valence-electron chi connectivity index (χ1n) is 10.2. The van der Waals surface area contributed by atoms with E-state index in [0.29, 0.717) is 5.92 Å². The van der Waals surface area contributed by atoms with Crippen molar-refractivity contribution in [1.29, 1.82) is 0 Å². The van der Waals surface area contributed by atoms with Crippen molar-refractivity contribution in [3.8, 4) is 0 Å². The molecule has 2 nitrogen and oxygen atoms in total. The van der Waals surface area contributed by atoms with E-state index in [-0.39, 0.29) is 0 Å². The number of anilines is 1. The predicted molar refractivity (Wildman–Crippen MR) is 128 cm³/mol. The Morgan fingerprint density at radius 2 is 1.36 bits per heavy atom. The fourth-order valence-electron chi connectivity index (χ4n) is 2.68. The van der Waals surface area contributed by atoms with Crippen molar-refractivity contribution in [3.63, 3.8) is 0 Å². The highest BCUT2D eigenvalue weighted by molar-refractivity contribution is 5.48. The van der Waals surface area contributed by atoms with Crippen molar-refractivity contribution in [2.45, 2.75) is 46.5 Å². The van der Waals surface area contributed by atoms with Crippen LogP contribution in [-0.4, -0.2) is 21.1 Å². The van der Waals surface area contributed by atoms with Gasteiger partial charge in [0.1, 0.15) is 0 Å². The Hall–Kier alpha value is -2.32. The largest absolute Gasteiger partial charge is 0.388 e. The average Bonchev–Trinajstić information content (AvgIpc) is 2.73. The number of rotatable bonds is 6. The molecule has 28 heavy (non-hydrogen) atoms. The summed E-state index contributed by atoms with van der Waals surface area (Å²) in [6, 6.07) is 19.5. The molecule has 0 saturated heterocycles. The normalized spacial score (nSPS) is 11.3. The fourth-order valence-corrected chi connectivity index (χ4v) is 2.68. The third-order valence-corrected chi connectivity index (χ3v) is 4.42. The Morgan fingerprint density at radius 1 is 0.893 bits per heavy atom. The zero-order valence-electron chi connectivity index (χ0n) is 19.0. The highest BCUT2D eigenvalue weighted by atomic mass is 14.8. The molecule has 1 unspecified atom stereocenters. The molecule has 154 valence electrons. The summed E-state index contributed by atoms with van der Waals surface area (Å²) in [6.45, 7) is 12.2. The van der Waals surface area contributed by atoms with Crippen LogP contribution in [-0.2, 0) is 0 Å². The van der Waals surface area contributed by atoms with E-state index in [9.17, 15) is 0 Å². The minimum absolute atomic E-state index is 0.358. The average molecular weight is 381 g/mol. The Labute approximate surface area is 173 Å². The molecule has 0 aliphatic carbocycles. The van der Waals surface area contributed by atoms with E-state index < -0.39 is 0 Å². The molecule has 2 heteroatoms. The van der Waals surface area contributed by atoms with Crippen LogP contribution in [0, 0.1) is 0 Å². The van der Waals surface area contributed by atoms with Crippen LogP contribution in [0.15, 0.2) is 78.4 Å². The Kier molecular flexibility index (Phi) is 14.4. The van der Waals surface area contributed by atoms with Gasteiger partial charge in [0.05, 0.1) is 0 Å². The summed E-state index contributed by atoms with van der Waals surface area (Å²) in [5, 5.41) is 5.93. The molecule has 0 spiro atoms. The van der Waals surface area contributed by atoms with Crippen LogP contribution in [0.25, 0.3) is 0 Å². The number of allylic oxidation sites excluding steroid dienone is 3. The van der Waals surface area contributed by atoms with E-state index >= 15 is 0 Å². The molecule has 0 heterocycles. The van der Waals surface area contributed by atoms with E-state index in [0.717, 1.165) is 18.5 Å². The van der Waals surface area contributed by atoms with E-state index in [2.05, 4.69) is 98.7 Å². The van der Waals surface area contributed by atoms with Gasteiger partial charge in [-0.15, -0.1) is 6.58 Å². The first kappa shape index (κ1) is 25.7. The summed E-state index contributed by atoms with van der Waals surface area (Å²) in [5.74, 6) is 0.358. The Morgan fingerprint density at radius 3 is 1.71 bits per heavy atom. The van der Waals surface area contributed by atoms with Gasteiger partial charge < -0.3 is 10.6 Å². The second kappa shape index (κ2) is 15.7. The topological polar surface area (TPSA) is 24.1 Å². The molecule has 0 aromatic heterocycles. The van der Waals surface area contributed by atoms with E-state index in [1.165, 1.54) is 22.3 Å². The van der Waals surface area contributed by atoms with Gasteiger partial charge in [-0.05, 0) is 64.0 Å². The summed E-state index contributed by atoms with van der Waals surface area (Å²) < 4.78 is 0. The quantitative estimate of drug-likeness (QED) is 0.526. The lowest BCUT2D eigenvalue weighted by atomic mass is 9.83. The molecule has 2 rings (SSSR count). The molecule has 0 aliphatic heterocycles. The molecule has 0 aliphatic rings. The molecule has 1 atom stereocenters. The van der Waals surface area contributed by atoms with Gasteiger partial charge in [0.25, 0.3) is 0 Å². The van der Waals surface area contributed by atoms with E-state index in [1.807, 2.05) is 28.1 Å². The zero-order valence-corrected chi connectivity index (χ0v) is 19.0. The zero-order chi connectivity index (χ0) is 21.4. The summed E-state index contributed by atoms with van der Waals surface area (Å²) in [5.41, 5.74) is 6.59. The second-order valence-electron chi connectivity index (χ2n) is 6.74. The van der Waals surface area contributed by atoms with Gasteiger partial charge in [-0.1, -0.05) is 73.5 Å². The molecular weight excluding hydrogens is 340 g/mol. The third kappa shape index (κ3) is 9.57. The van der Waals surface area contributed by atoms with Gasteiger partial charge in [-0.25, -0.2) is 0 Å². The summed E-state index contributed by atoms with van der Waals surface area (Å²) >= 11 is 0. The smallest absolute Gasteiger partial charge is 0.0337 e. The first-order valence-corrected chi connectivity index (χ1v) is 10.2. The van der Waals surface area contributed by atoms with Gasteiger partial charge in [0, 0.05) is 18.7 Å². The molecule has 0 amide bonds. The fraction of sp³-hybridized carbons (Fsp3) is 0.385. The molecule has 2 N–H and O–H groups in total. The van der Waals surface area contributed by atoms with Gasteiger partial charge in [-0.3, -0.25) is 0 Å². The van der Waals surface area contributed by atoms with E-state index in [1.54, 1.807) is 0 Å². The standard InChI is InChI=1S/C19H23N.C5H10.C2H7N/c1-4-15(5-2)19(16-9-7-6-8-10-16)17-11-13-18(20-3)14-12-17;1-4-5(2)3;1-3-2/h4,6-14,19-20H,5H2,1-3H3;2,4H2,1,3H3;3H,1-2H3/b15-4+;;. The molecule has 0 radical (unpaired) electrons. The highest BCUT2D eigenvalue weighted by Gasteiger charge is 2.17. The maximum atomic E-state index is 3.67. The highest BCUT2D eigenvalue weighted by Crippen LogP contribution is 2.33. The van der Waals surface area contributed by atoms with Gasteiger partial charge >= 0.3 is 0 Å². The molecule has 2 aromatic carbocycles. The first-order chi connectivity index (χ1) is 13.5. The van der Waals surface area contributed by atoms with Crippen LogP contribution in [0.4, 0.5) is 5.69 Å². The minimum atomic E-state index is 0.358. The van der Waals surface area contributed by atoms with Gasteiger partial charge in [0.15, 0.2) is 0 Å². The number of hydrogen-bond acceptors (Lipinski definition) is 2. The molecule has 0 saturated carbocycles. The lowest BCUT2D eigenvalue weighted by Crippen LogP contribution is -2.04. The molecular formula is C26H40N2. The van der Waals surface area contributed by atoms with Crippen molar-refractivity contribution < 1.29 is 0 Å². The van der Waals surface area contributed by atoms with Crippen LogP contribution in [0.5, 0.6) is 0 Å². The number of nitrogens with one attached hydrogen (secondary N) is 2. The summed E-state index contributed by atoms with van der Waals surface area (Å²) in [7, 11) is 5.70. The second-order valence-corrected chi connectivity index (χ2v) is 6.74. The minimum Gasteiger partial charge on any atom is -0.388 e. The van der Waals surface area contributed by atoms with Gasteiger partial charge in [-0.2, -0.15) is 0 Å². The third-order valence-electron chi connectivity index (χ3n) is 4.42. The molecule has 0 fully saturated rings. The molecule has 2 aromatic rings. The number of benzene rings is 2. The summed E-state index contributed by atoms with van der Waals surface area (Å²) in [4.78, 5) is 0. The predicted octanol–water partition coefficient (Wildman–Crippen LogP) is 7.02. The lowest BCUT2D eigenvalue weighted by Gasteiger charge is -2.21. The van der Waals surface area contributed by atoms with Crippen LogP contribution in [0.3, 0.4) is 0 Å². The van der Waals surface area contributed by atoms with Crippen LogP contribution in [0.1, 0.15) is 57.6 Å². The maximum absolute atomic E-state index is 3.67. The molecule has 0 bridgehead atoms. The maximum Gasteiger partial charge on any atom is 0.0337 e. The van der Waals surface area contributed by atoms with Crippen molar-refractivity contribution >= 4 is 5.69 Å². The van der Waals surface area contributed by atoms with Crippen molar-refractivity contribution in [2.75, 3.05) is 26.5 Å². The van der Waals surface area contributed by atoms with Gasteiger partial charge in [0.2, 0.25) is 0 Å². The lowest BCUT2D eigenvalue weighted by molar-refractivity contribution is 0.876. The van der Waals surface area contributed by atoms with Crippen LogP contribution >= 0.6 is 0 Å².